The molecule has 1 aliphatic rings. The Morgan fingerprint density at radius 3 is 2.48 bits per heavy atom. The molecule has 0 aliphatic carbocycles. The van der Waals surface area contributed by atoms with Crippen LogP contribution in [0.25, 0.3) is 0 Å². The Hall–Kier alpha value is -1.39. The average Bonchev–Trinajstić information content (AvgIpc) is 2.70. The lowest BCUT2D eigenvalue weighted by molar-refractivity contribution is -0.161. The summed E-state index contributed by atoms with van der Waals surface area (Å²) in [6, 6.07) is 17.3. The van der Waals surface area contributed by atoms with Gasteiger partial charge in [-0.15, -0.1) is 0 Å². The number of ether oxygens (including phenoxy) is 2. The summed E-state index contributed by atoms with van der Waals surface area (Å²) in [5.41, 5.74) is 1.81. The van der Waals surface area contributed by atoms with Crippen molar-refractivity contribution in [3.05, 3.63) is 70.7 Å². The first kappa shape index (κ1) is 14.5. The Labute approximate surface area is 129 Å². The van der Waals surface area contributed by atoms with Crippen molar-refractivity contribution in [1.29, 1.82) is 0 Å². The Morgan fingerprint density at radius 2 is 1.71 bits per heavy atom. The highest BCUT2D eigenvalue weighted by atomic mass is 35.5. The molecule has 2 aromatic rings. The fourth-order valence-corrected chi connectivity index (χ4v) is 2.74. The topological polar surface area (TPSA) is 38.7 Å². The zero-order chi connectivity index (χ0) is 14.7. The molecular weight excluding hydrogens is 288 g/mol. The van der Waals surface area contributed by atoms with E-state index in [2.05, 4.69) is 0 Å². The highest BCUT2D eigenvalue weighted by Gasteiger charge is 2.28. The molecule has 3 atom stereocenters. The minimum Gasteiger partial charge on any atom is -0.391 e. The summed E-state index contributed by atoms with van der Waals surface area (Å²) >= 11 is 6.25. The minimum atomic E-state index is -0.569. The average molecular weight is 305 g/mol. The van der Waals surface area contributed by atoms with Gasteiger partial charge in [0, 0.05) is 17.0 Å². The number of hydrogen-bond donors (Lipinski definition) is 1. The first-order valence-corrected chi connectivity index (χ1v) is 7.36. The normalized spacial score (nSPS) is 26.3. The number of rotatable bonds is 2. The van der Waals surface area contributed by atoms with Gasteiger partial charge in [0.1, 0.15) is 0 Å². The molecular formula is C17H17ClO3. The third-order valence-corrected chi connectivity index (χ3v) is 3.88. The van der Waals surface area contributed by atoms with Crippen LogP contribution < -0.4 is 0 Å². The summed E-state index contributed by atoms with van der Waals surface area (Å²) in [7, 11) is 0. The highest BCUT2D eigenvalue weighted by molar-refractivity contribution is 6.31. The van der Waals surface area contributed by atoms with E-state index < -0.39 is 12.4 Å². The van der Waals surface area contributed by atoms with Crippen LogP contribution in [0.15, 0.2) is 54.6 Å². The summed E-state index contributed by atoms with van der Waals surface area (Å²) in [6.07, 6.45) is -0.890. The van der Waals surface area contributed by atoms with Crippen molar-refractivity contribution in [3.8, 4) is 0 Å². The van der Waals surface area contributed by atoms with Crippen molar-refractivity contribution in [2.75, 3.05) is 6.61 Å². The van der Waals surface area contributed by atoms with Gasteiger partial charge in [0.15, 0.2) is 6.29 Å². The Morgan fingerprint density at radius 1 is 1.00 bits per heavy atom. The molecule has 1 aliphatic heterocycles. The molecule has 0 amide bonds. The summed E-state index contributed by atoms with van der Waals surface area (Å²) in [6.45, 7) is 0.251. The second kappa shape index (κ2) is 6.58. The van der Waals surface area contributed by atoms with E-state index in [1.807, 2.05) is 54.6 Å². The Kier molecular flexibility index (Phi) is 4.56. The maximum absolute atomic E-state index is 10.0. The largest absolute Gasteiger partial charge is 0.391 e. The van der Waals surface area contributed by atoms with Crippen LogP contribution in [0.3, 0.4) is 0 Å². The molecule has 3 unspecified atom stereocenters. The van der Waals surface area contributed by atoms with Crippen LogP contribution in [0.1, 0.15) is 29.9 Å². The van der Waals surface area contributed by atoms with Gasteiger partial charge in [-0.3, -0.25) is 0 Å². The van der Waals surface area contributed by atoms with Crippen molar-refractivity contribution in [1.82, 2.24) is 0 Å². The van der Waals surface area contributed by atoms with Crippen molar-refractivity contribution in [3.63, 3.8) is 0 Å². The smallest absolute Gasteiger partial charge is 0.184 e. The molecule has 1 saturated heterocycles. The van der Waals surface area contributed by atoms with E-state index in [0.29, 0.717) is 11.4 Å². The first-order chi connectivity index (χ1) is 10.2. The lowest BCUT2D eigenvalue weighted by Gasteiger charge is -2.22. The Bertz CT molecular complexity index is 588. The van der Waals surface area contributed by atoms with E-state index >= 15 is 0 Å². The molecule has 1 N–H and O–H groups in total. The Balaban J connectivity index is 1.88. The predicted octanol–water partition coefficient (Wildman–Crippen LogP) is 3.88. The van der Waals surface area contributed by atoms with E-state index in [1.54, 1.807) is 0 Å². The fraction of sp³-hybridized carbons (Fsp3) is 0.294. The van der Waals surface area contributed by atoms with Gasteiger partial charge in [-0.05, 0) is 11.6 Å². The molecule has 2 aromatic carbocycles. The van der Waals surface area contributed by atoms with Crippen molar-refractivity contribution in [2.45, 2.75) is 24.9 Å². The van der Waals surface area contributed by atoms with E-state index in [0.717, 1.165) is 11.1 Å². The van der Waals surface area contributed by atoms with E-state index in [-0.39, 0.29) is 12.7 Å². The van der Waals surface area contributed by atoms with E-state index in [4.69, 9.17) is 21.1 Å². The van der Waals surface area contributed by atoms with Crippen LogP contribution in [0.2, 0.25) is 5.02 Å². The van der Waals surface area contributed by atoms with Gasteiger partial charge in [-0.2, -0.15) is 0 Å². The monoisotopic (exact) mass is 304 g/mol. The van der Waals surface area contributed by atoms with E-state index in [9.17, 15) is 5.11 Å². The van der Waals surface area contributed by atoms with Gasteiger partial charge in [0.2, 0.25) is 0 Å². The third-order valence-electron chi connectivity index (χ3n) is 3.54. The van der Waals surface area contributed by atoms with Crippen LogP contribution in [-0.4, -0.2) is 17.8 Å². The van der Waals surface area contributed by atoms with Crippen molar-refractivity contribution >= 4 is 11.6 Å². The predicted molar refractivity (Wildman–Crippen MR) is 81.0 cm³/mol. The second-order valence-electron chi connectivity index (χ2n) is 5.11. The van der Waals surface area contributed by atoms with Crippen LogP contribution in [-0.2, 0) is 9.47 Å². The number of aliphatic hydroxyl groups is 1. The maximum atomic E-state index is 10.0. The lowest BCUT2D eigenvalue weighted by atomic mass is 10.0. The van der Waals surface area contributed by atoms with Crippen LogP contribution in [0, 0.1) is 0 Å². The molecule has 4 heteroatoms. The van der Waals surface area contributed by atoms with Gasteiger partial charge >= 0.3 is 0 Å². The fourth-order valence-electron chi connectivity index (χ4n) is 2.48. The number of halogens is 1. The number of benzene rings is 2. The lowest BCUT2D eigenvalue weighted by Crippen LogP contribution is -2.14. The molecule has 21 heavy (non-hydrogen) atoms. The first-order valence-electron chi connectivity index (χ1n) is 6.98. The molecule has 0 saturated carbocycles. The molecule has 110 valence electrons. The molecule has 1 heterocycles. The third kappa shape index (κ3) is 3.44. The maximum Gasteiger partial charge on any atom is 0.184 e. The van der Waals surface area contributed by atoms with E-state index in [1.165, 1.54) is 0 Å². The van der Waals surface area contributed by atoms with Crippen LogP contribution in [0.4, 0.5) is 0 Å². The molecule has 0 spiro atoms. The van der Waals surface area contributed by atoms with Gasteiger partial charge < -0.3 is 14.6 Å². The van der Waals surface area contributed by atoms with Crippen LogP contribution >= 0.6 is 11.6 Å². The molecule has 0 bridgehead atoms. The zero-order valence-corrected chi connectivity index (χ0v) is 12.2. The highest BCUT2D eigenvalue weighted by Crippen LogP contribution is 2.36. The molecule has 3 rings (SSSR count). The molecule has 3 nitrogen and oxygen atoms in total. The summed E-state index contributed by atoms with van der Waals surface area (Å²) in [5.74, 6) is 0. The number of aliphatic hydroxyl groups excluding tert-OH is 1. The standard InChI is InChI=1S/C17H17ClO3/c18-15-9-5-4-8-14(15)16-10-13(19)11-20-17(21-16)12-6-2-1-3-7-12/h1-9,13,16-17,19H,10-11H2. The molecule has 0 aromatic heterocycles. The summed E-state index contributed by atoms with van der Waals surface area (Å²) < 4.78 is 11.7. The number of hydrogen-bond acceptors (Lipinski definition) is 3. The van der Waals surface area contributed by atoms with Gasteiger partial charge in [-0.25, -0.2) is 0 Å². The SMILES string of the molecule is OC1COC(c2ccccc2)OC(c2ccccc2Cl)C1. The molecule has 0 radical (unpaired) electrons. The van der Waals surface area contributed by atoms with Gasteiger partial charge in [0.05, 0.1) is 18.8 Å². The quantitative estimate of drug-likeness (QED) is 0.915. The molecule has 1 fully saturated rings. The minimum absolute atomic E-state index is 0.251. The van der Waals surface area contributed by atoms with Crippen LogP contribution in [0.5, 0.6) is 0 Å². The zero-order valence-electron chi connectivity index (χ0n) is 11.5. The summed E-state index contributed by atoms with van der Waals surface area (Å²) in [4.78, 5) is 0. The van der Waals surface area contributed by atoms with Gasteiger partial charge in [0.25, 0.3) is 0 Å². The second-order valence-corrected chi connectivity index (χ2v) is 5.52. The van der Waals surface area contributed by atoms with Gasteiger partial charge in [-0.1, -0.05) is 60.1 Å². The van der Waals surface area contributed by atoms with Crippen molar-refractivity contribution in [2.24, 2.45) is 0 Å². The summed E-state index contributed by atoms with van der Waals surface area (Å²) in [5, 5.41) is 10.7. The van der Waals surface area contributed by atoms with Crippen molar-refractivity contribution < 1.29 is 14.6 Å².